The maximum Gasteiger partial charge on any atom is 0.335 e. The average molecular weight is 308 g/mol. The number of rotatable bonds is 5. The van der Waals surface area contributed by atoms with Gasteiger partial charge in [-0.25, -0.2) is 4.79 Å². The fourth-order valence-electron chi connectivity index (χ4n) is 1.81. The van der Waals surface area contributed by atoms with Crippen LogP contribution in [-0.4, -0.2) is 23.2 Å². The highest BCUT2D eigenvalue weighted by Crippen LogP contribution is 2.36. The zero-order chi connectivity index (χ0) is 15.4. The number of aryl methyl sites for hydroxylation is 1. The molecule has 110 valence electrons. The molecular formula is C15H14ClNO4. The number of methoxy groups -OCH3 is 1. The number of hydrogen-bond acceptors (Lipinski definition) is 4. The molecule has 0 amide bonds. The third kappa shape index (κ3) is 3.64. The van der Waals surface area contributed by atoms with Crippen molar-refractivity contribution in [2.24, 2.45) is 0 Å². The van der Waals surface area contributed by atoms with E-state index in [0.717, 1.165) is 11.4 Å². The molecule has 21 heavy (non-hydrogen) atoms. The fraction of sp³-hybridized carbons (Fsp3) is 0.200. The molecule has 5 nitrogen and oxygen atoms in total. The second-order valence-corrected chi connectivity index (χ2v) is 4.76. The van der Waals surface area contributed by atoms with Crippen molar-refractivity contribution in [3.8, 4) is 11.5 Å². The van der Waals surface area contributed by atoms with E-state index < -0.39 is 5.97 Å². The van der Waals surface area contributed by atoms with Gasteiger partial charge in [0.25, 0.3) is 0 Å². The molecule has 2 rings (SSSR count). The van der Waals surface area contributed by atoms with Gasteiger partial charge in [0.2, 0.25) is 0 Å². The van der Waals surface area contributed by atoms with Crippen molar-refractivity contribution in [2.75, 3.05) is 7.11 Å². The summed E-state index contributed by atoms with van der Waals surface area (Å²) in [6.45, 7) is 2.10. The standard InChI is InChI=1S/C15H14ClNO4/c1-9-4-3-5-11(17-9)8-21-14-12(16)6-10(15(18)19)7-13(14)20-2/h3-7H,8H2,1-2H3,(H,18,19). The average Bonchev–Trinajstić information content (AvgIpc) is 2.45. The topological polar surface area (TPSA) is 68.7 Å². The molecule has 1 heterocycles. The molecule has 0 bridgehead atoms. The van der Waals surface area contributed by atoms with Crippen LogP contribution >= 0.6 is 11.6 Å². The highest BCUT2D eigenvalue weighted by molar-refractivity contribution is 6.32. The van der Waals surface area contributed by atoms with Crippen molar-refractivity contribution in [1.29, 1.82) is 0 Å². The summed E-state index contributed by atoms with van der Waals surface area (Å²) in [4.78, 5) is 15.3. The number of pyridine rings is 1. The van der Waals surface area contributed by atoms with Gasteiger partial charge in [0.15, 0.2) is 11.5 Å². The highest BCUT2D eigenvalue weighted by atomic mass is 35.5. The molecule has 0 radical (unpaired) electrons. The van der Waals surface area contributed by atoms with Gasteiger partial charge in [-0.2, -0.15) is 0 Å². The van der Waals surface area contributed by atoms with E-state index >= 15 is 0 Å². The minimum Gasteiger partial charge on any atom is -0.493 e. The predicted octanol–water partition coefficient (Wildman–Crippen LogP) is 3.33. The second-order valence-electron chi connectivity index (χ2n) is 4.35. The Kier molecular flexibility index (Phi) is 4.65. The normalized spacial score (nSPS) is 10.2. The van der Waals surface area contributed by atoms with Gasteiger partial charge in [0.05, 0.1) is 23.4 Å². The lowest BCUT2D eigenvalue weighted by atomic mass is 10.2. The Labute approximate surface area is 127 Å². The van der Waals surface area contributed by atoms with Gasteiger partial charge >= 0.3 is 5.97 Å². The highest BCUT2D eigenvalue weighted by Gasteiger charge is 2.15. The smallest absolute Gasteiger partial charge is 0.335 e. The monoisotopic (exact) mass is 307 g/mol. The maximum absolute atomic E-state index is 11.0. The SMILES string of the molecule is COc1cc(C(=O)O)cc(Cl)c1OCc1cccc(C)n1. The molecular weight excluding hydrogens is 294 g/mol. The summed E-state index contributed by atoms with van der Waals surface area (Å²) in [6, 6.07) is 8.30. The fourth-order valence-corrected chi connectivity index (χ4v) is 2.07. The predicted molar refractivity (Wildman–Crippen MR) is 78.3 cm³/mol. The largest absolute Gasteiger partial charge is 0.493 e. The van der Waals surface area contributed by atoms with Crippen LogP contribution in [0.4, 0.5) is 0 Å². The molecule has 1 aromatic heterocycles. The van der Waals surface area contributed by atoms with Crippen molar-refractivity contribution in [2.45, 2.75) is 13.5 Å². The summed E-state index contributed by atoms with van der Waals surface area (Å²) < 4.78 is 10.8. The number of nitrogens with zero attached hydrogens (tertiary/aromatic N) is 1. The second kappa shape index (κ2) is 6.45. The van der Waals surface area contributed by atoms with E-state index in [9.17, 15) is 4.79 Å². The summed E-state index contributed by atoms with van der Waals surface area (Å²) in [6.07, 6.45) is 0. The molecule has 0 unspecified atom stereocenters. The number of carboxylic acid groups (broad SMARTS) is 1. The number of halogens is 1. The molecule has 0 aliphatic heterocycles. The maximum atomic E-state index is 11.0. The van der Waals surface area contributed by atoms with Gasteiger partial charge in [0, 0.05) is 5.69 Å². The van der Waals surface area contributed by atoms with Crippen LogP contribution in [0.1, 0.15) is 21.7 Å². The van der Waals surface area contributed by atoms with Crippen LogP contribution in [-0.2, 0) is 6.61 Å². The quantitative estimate of drug-likeness (QED) is 0.917. The molecule has 0 saturated heterocycles. The first kappa shape index (κ1) is 15.1. The molecule has 2 aromatic rings. The van der Waals surface area contributed by atoms with Crippen LogP contribution in [0.25, 0.3) is 0 Å². The van der Waals surface area contributed by atoms with Crippen molar-refractivity contribution >= 4 is 17.6 Å². The Balaban J connectivity index is 2.25. The van der Waals surface area contributed by atoms with E-state index in [1.165, 1.54) is 19.2 Å². The van der Waals surface area contributed by atoms with Crippen molar-refractivity contribution in [1.82, 2.24) is 4.98 Å². The van der Waals surface area contributed by atoms with Gasteiger partial charge in [-0.1, -0.05) is 17.7 Å². The Morgan fingerprint density at radius 3 is 2.76 bits per heavy atom. The van der Waals surface area contributed by atoms with Gasteiger partial charge in [-0.3, -0.25) is 4.98 Å². The number of hydrogen-bond donors (Lipinski definition) is 1. The van der Waals surface area contributed by atoms with Crippen LogP contribution in [0.2, 0.25) is 5.02 Å². The van der Waals surface area contributed by atoms with Crippen LogP contribution in [0, 0.1) is 6.92 Å². The summed E-state index contributed by atoms with van der Waals surface area (Å²) in [5, 5.41) is 9.17. The molecule has 0 aliphatic carbocycles. The number of carboxylic acids is 1. The van der Waals surface area contributed by atoms with Crippen LogP contribution in [0.15, 0.2) is 30.3 Å². The zero-order valence-electron chi connectivity index (χ0n) is 11.6. The number of aromatic carboxylic acids is 1. The lowest BCUT2D eigenvalue weighted by Crippen LogP contribution is -2.03. The van der Waals surface area contributed by atoms with E-state index in [0.29, 0.717) is 5.75 Å². The van der Waals surface area contributed by atoms with Crippen LogP contribution in [0.5, 0.6) is 11.5 Å². The molecule has 0 atom stereocenters. The van der Waals surface area contributed by atoms with E-state index in [1.54, 1.807) is 0 Å². The van der Waals surface area contributed by atoms with Crippen molar-refractivity contribution < 1.29 is 19.4 Å². The Hall–Kier alpha value is -2.27. The third-order valence-corrected chi connectivity index (χ3v) is 3.07. The minimum absolute atomic E-state index is 0.0397. The van der Waals surface area contributed by atoms with Gasteiger partial charge < -0.3 is 14.6 Å². The summed E-state index contributed by atoms with van der Waals surface area (Å²) in [5.74, 6) is -0.512. The minimum atomic E-state index is -1.08. The zero-order valence-corrected chi connectivity index (χ0v) is 12.3. The van der Waals surface area contributed by atoms with Gasteiger partial charge in [0.1, 0.15) is 6.61 Å². The lowest BCUT2D eigenvalue weighted by molar-refractivity contribution is 0.0696. The molecule has 0 spiro atoms. The molecule has 6 heteroatoms. The first-order valence-electron chi connectivity index (χ1n) is 6.17. The van der Waals surface area contributed by atoms with Gasteiger partial charge in [-0.15, -0.1) is 0 Å². The van der Waals surface area contributed by atoms with Gasteiger partial charge in [-0.05, 0) is 31.2 Å². The summed E-state index contributed by atoms with van der Waals surface area (Å²) >= 11 is 6.07. The van der Waals surface area contributed by atoms with Crippen LogP contribution in [0.3, 0.4) is 0 Å². The van der Waals surface area contributed by atoms with Crippen molar-refractivity contribution in [3.63, 3.8) is 0 Å². The molecule has 0 fully saturated rings. The first-order valence-corrected chi connectivity index (χ1v) is 6.55. The Morgan fingerprint density at radius 1 is 1.38 bits per heavy atom. The molecule has 1 N–H and O–H groups in total. The number of benzene rings is 1. The lowest BCUT2D eigenvalue weighted by Gasteiger charge is -2.13. The number of aromatic nitrogens is 1. The summed E-state index contributed by atoms with van der Waals surface area (Å²) in [5.41, 5.74) is 1.67. The molecule has 0 aliphatic rings. The molecule has 0 saturated carbocycles. The Bertz CT molecular complexity index is 673. The number of carbonyl (C=O) groups is 1. The van der Waals surface area contributed by atoms with E-state index in [1.807, 2.05) is 25.1 Å². The van der Waals surface area contributed by atoms with E-state index in [2.05, 4.69) is 4.98 Å². The molecule has 1 aromatic carbocycles. The third-order valence-electron chi connectivity index (χ3n) is 2.79. The number of ether oxygens (including phenoxy) is 2. The van der Waals surface area contributed by atoms with E-state index in [4.69, 9.17) is 26.2 Å². The van der Waals surface area contributed by atoms with Crippen LogP contribution < -0.4 is 9.47 Å². The van der Waals surface area contributed by atoms with Crippen molar-refractivity contribution in [3.05, 3.63) is 52.3 Å². The first-order chi connectivity index (χ1) is 10.0. The van der Waals surface area contributed by atoms with E-state index in [-0.39, 0.29) is 22.9 Å². The Morgan fingerprint density at radius 2 is 2.14 bits per heavy atom. The summed E-state index contributed by atoms with van der Waals surface area (Å²) in [7, 11) is 1.43.